The Morgan fingerprint density at radius 3 is 2.63 bits per heavy atom. The lowest BCUT2D eigenvalue weighted by Gasteiger charge is -2.41. The van der Waals surface area contributed by atoms with Crippen molar-refractivity contribution in [3.8, 4) is 0 Å². The van der Waals surface area contributed by atoms with Crippen molar-refractivity contribution in [1.82, 2.24) is 4.90 Å². The average molecular weight is 268 g/mol. The van der Waals surface area contributed by atoms with Crippen molar-refractivity contribution in [3.05, 3.63) is 0 Å². The van der Waals surface area contributed by atoms with Gasteiger partial charge in [0.1, 0.15) is 0 Å². The third-order valence-electron chi connectivity index (χ3n) is 4.58. The molecule has 2 saturated carbocycles. The topological polar surface area (TPSA) is 55.6 Å². The fourth-order valence-corrected chi connectivity index (χ4v) is 3.37. The standard InChI is InChI=1S/C15H28N2O2/c1-3-19-15(18)10-17(13-6-7-13)14-8-11(2)4-5-12(14)9-16/h11-14H,3-10,16H2,1-2H3. The van der Waals surface area contributed by atoms with Crippen LogP contribution in [0, 0.1) is 11.8 Å². The SMILES string of the molecule is CCOC(=O)CN(C1CC1)C1CC(C)CCC1CN. The Bertz CT molecular complexity index is 305. The van der Waals surface area contributed by atoms with Crippen LogP contribution in [-0.4, -0.2) is 42.6 Å². The summed E-state index contributed by atoms with van der Waals surface area (Å²) in [7, 11) is 0. The van der Waals surface area contributed by atoms with Crippen molar-refractivity contribution in [2.45, 2.75) is 58.0 Å². The molecule has 0 aromatic heterocycles. The lowest BCUT2D eigenvalue weighted by molar-refractivity contribution is -0.146. The third kappa shape index (κ3) is 3.93. The number of nitrogens with two attached hydrogens (primary N) is 1. The van der Waals surface area contributed by atoms with Gasteiger partial charge in [0.2, 0.25) is 0 Å². The molecule has 0 radical (unpaired) electrons. The van der Waals surface area contributed by atoms with Gasteiger partial charge in [0.25, 0.3) is 0 Å². The van der Waals surface area contributed by atoms with Gasteiger partial charge in [0, 0.05) is 12.1 Å². The number of ether oxygens (including phenoxy) is 1. The highest BCUT2D eigenvalue weighted by molar-refractivity contribution is 5.71. The van der Waals surface area contributed by atoms with Crippen LogP contribution in [0.3, 0.4) is 0 Å². The fourth-order valence-electron chi connectivity index (χ4n) is 3.37. The van der Waals surface area contributed by atoms with E-state index in [0.717, 1.165) is 12.5 Å². The van der Waals surface area contributed by atoms with E-state index in [4.69, 9.17) is 10.5 Å². The lowest BCUT2D eigenvalue weighted by atomic mass is 9.78. The van der Waals surface area contributed by atoms with Gasteiger partial charge in [-0.2, -0.15) is 0 Å². The van der Waals surface area contributed by atoms with Gasteiger partial charge in [0.05, 0.1) is 13.2 Å². The van der Waals surface area contributed by atoms with E-state index in [1.54, 1.807) is 0 Å². The van der Waals surface area contributed by atoms with Gasteiger partial charge in [0.15, 0.2) is 0 Å². The van der Waals surface area contributed by atoms with Crippen LogP contribution in [0.1, 0.15) is 46.0 Å². The quantitative estimate of drug-likeness (QED) is 0.746. The number of carbonyl (C=O) groups excluding carboxylic acids is 1. The van der Waals surface area contributed by atoms with Crippen LogP contribution < -0.4 is 5.73 Å². The van der Waals surface area contributed by atoms with Gasteiger partial charge in [-0.1, -0.05) is 13.3 Å². The van der Waals surface area contributed by atoms with E-state index in [1.165, 1.54) is 32.1 Å². The Balaban J connectivity index is 2.01. The molecular weight excluding hydrogens is 240 g/mol. The maximum absolute atomic E-state index is 11.8. The second-order valence-corrected chi connectivity index (χ2v) is 6.19. The van der Waals surface area contributed by atoms with Crippen LogP contribution in [0.25, 0.3) is 0 Å². The number of rotatable bonds is 6. The van der Waals surface area contributed by atoms with Crippen LogP contribution >= 0.6 is 0 Å². The molecule has 2 N–H and O–H groups in total. The first kappa shape index (κ1) is 14.8. The van der Waals surface area contributed by atoms with Crippen molar-refractivity contribution >= 4 is 5.97 Å². The zero-order chi connectivity index (χ0) is 13.8. The molecule has 0 bridgehead atoms. The van der Waals surface area contributed by atoms with Crippen molar-refractivity contribution in [2.75, 3.05) is 19.7 Å². The number of carbonyl (C=O) groups is 1. The van der Waals surface area contributed by atoms with Crippen molar-refractivity contribution in [2.24, 2.45) is 17.6 Å². The predicted molar refractivity (Wildman–Crippen MR) is 75.7 cm³/mol. The molecule has 0 aromatic rings. The van der Waals surface area contributed by atoms with E-state index in [1.807, 2.05) is 6.92 Å². The summed E-state index contributed by atoms with van der Waals surface area (Å²) in [5.41, 5.74) is 5.94. The molecule has 2 rings (SSSR count). The summed E-state index contributed by atoms with van der Waals surface area (Å²) in [4.78, 5) is 14.2. The minimum absolute atomic E-state index is 0.0802. The number of nitrogens with zero attached hydrogens (tertiary/aromatic N) is 1. The molecule has 0 saturated heterocycles. The molecule has 110 valence electrons. The van der Waals surface area contributed by atoms with Crippen LogP contribution in [0.4, 0.5) is 0 Å². The third-order valence-corrected chi connectivity index (χ3v) is 4.58. The summed E-state index contributed by atoms with van der Waals surface area (Å²) in [6.07, 6.45) is 6.10. The number of hydrogen-bond donors (Lipinski definition) is 1. The van der Waals surface area contributed by atoms with Gasteiger partial charge < -0.3 is 10.5 Å². The van der Waals surface area contributed by atoms with Crippen molar-refractivity contribution < 1.29 is 9.53 Å². The van der Waals surface area contributed by atoms with Gasteiger partial charge in [-0.3, -0.25) is 9.69 Å². The first-order valence-electron chi connectivity index (χ1n) is 7.77. The van der Waals surface area contributed by atoms with E-state index in [2.05, 4.69) is 11.8 Å². The highest BCUT2D eigenvalue weighted by atomic mass is 16.5. The zero-order valence-electron chi connectivity index (χ0n) is 12.3. The molecule has 0 aliphatic heterocycles. The van der Waals surface area contributed by atoms with Gasteiger partial charge >= 0.3 is 5.97 Å². The van der Waals surface area contributed by atoms with E-state index in [0.29, 0.717) is 31.2 Å². The van der Waals surface area contributed by atoms with Gasteiger partial charge in [-0.25, -0.2) is 0 Å². The Labute approximate surface area is 116 Å². The maximum Gasteiger partial charge on any atom is 0.320 e. The smallest absolute Gasteiger partial charge is 0.320 e. The Morgan fingerprint density at radius 1 is 1.32 bits per heavy atom. The molecule has 3 unspecified atom stereocenters. The summed E-state index contributed by atoms with van der Waals surface area (Å²) in [5.74, 6) is 1.21. The molecule has 0 aromatic carbocycles. The van der Waals surface area contributed by atoms with Crippen LogP contribution in [0.5, 0.6) is 0 Å². The van der Waals surface area contributed by atoms with E-state index in [9.17, 15) is 4.79 Å². The Kier molecular flexibility index (Phi) is 5.22. The predicted octanol–water partition coefficient (Wildman–Crippen LogP) is 1.78. The monoisotopic (exact) mass is 268 g/mol. The highest BCUT2D eigenvalue weighted by Gasteiger charge is 2.40. The molecule has 2 aliphatic carbocycles. The molecule has 3 atom stereocenters. The molecule has 0 amide bonds. The molecule has 0 spiro atoms. The highest BCUT2D eigenvalue weighted by Crippen LogP contribution is 2.37. The normalized spacial score (nSPS) is 31.5. The number of esters is 1. The first-order chi connectivity index (χ1) is 9.15. The van der Waals surface area contributed by atoms with E-state index >= 15 is 0 Å². The summed E-state index contributed by atoms with van der Waals surface area (Å²) < 4.78 is 5.12. The Hall–Kier alpha value is -0.610. The second-order valence-electron chi connectivity index (χ2n) is 6.19. The second kappa shape index (κ2) is 6.71. The Morgan fingerprint density at radius 2 is 2.05 bits per heavy atom. The van der Waals surface area contributed by atoms with E-state index in [-0.39, 0.29) is 5.97 Å². The van der Waals surface area contributed by atoms with Gasteiger partial charge in [-0.15, -0.1) is 0 Å². The summed E-state index contributed by atoms with van der Waals surface area (Å²) in [6, 6.07) is 1.07. The lowest BCUT2D eigenvalue weighted by Crippen LogP contribution is -2.49. The molecule has 2 fully saturated rings. The zero-order valence-corrected chi connectivity index (χ0v) is 12.3. The first-order valence-corrected chi connectivity index (χ1v) is 7.77. The summed E-state index contributed by atoms with van der Waals surface area (Å²) >= 11 is 0. The minimum Gasteiger partial charge on any atom is -0.465 e. The van der Waals surface area contributed by atoms with E-state index < -0.39 is 0 Å². The molecule has 2 aliphatic rings. The molecule has 0 heterocycles. The fraction of sp³-hybridized carbons (Fsp3) is 0.933. The molecule has 19 heavy (non-hydrogen) atoms. The van der Waals surface area contributed by atoms with Crippen LogP contribution in [0.2, 0.25) is 0 Å². The largest absolute Gasteiger partial charge is 0.465 e. The maximum atomic E-state index is 11.8. The van der Waals surface area contributed by atoms with Gasteiger partial charge in [-0.05, 0) is 51.0 Å². The average Bonchev–Trinajstić information content (AvgIpc) is 3.20. The summed E-state index contributed by atoms with van der Waals surface area (Å²) in [6.45, 7) is 5.84. The minimum atomic E-state index is -0.0802. The molecule has 4 nitrogen and oxygen atoms in total. The molecule has 4 heteroatoms. The summed E-state index contributed by atoms with van der Waals surface area (Å²) in [5, 5.41) is 0. The van der Waals surface area contributed by atoms with Crippen molar-refractivity contribution in [1.29, 1.82) is 0 Å². The molecular formula is C15H28N2O2. The van der Waals surface area contributed by atoms with Crippen LogP contribution in [-0.2, 0) is 9.53 Å². The number of hydrogen-bond acceptors (Lipinski definition) is 4. The van der Waals surface area contributed by atoms with Crippen molar-refractivity contribution in [3.63, 3.8) is 0 Å². The van der Waals surface area contributed by atoms with Crippen LogP contribution in [0.15, 0.2) is 0 Å².